The lowest BCUT2D eigenvalue weighted by Crippen LogP contribution is -2.44. The number of rotatable bonds is 6. The number of cyclic esters (lactones) is 1. The Labute approximate surface area is 213 Å². The van der Waals surface area contributed by atoms with Crippen molar-refractivity contribution in [1.29, 1.82) is 0 Å². The lowest BCUT2D eigenvalue weighted by Gasteiger charge is -2.31. The molecule has 37 heavy (non-hydrogen) atoms. The van der Waals surface area contributed by atoms with Gasteiger partial charge in [0.15, 0.2) is 17.1 Å². The van der Waals surface area contributed by atoms with Crippen molar-refractivity contribution in [3.63, 3.8) is 0 Å². The lowest BCUT2D eigenvalue weighted by atomic mass is 9.86. The molecule has 7 rings (SSSR count). The maximum atomic E-state index is 13.6. The zero-order valence-corrected chi connectivity index (χ0v) is 21.0. The number of hydrogen-bond acceptors (Lipinski definition) is 8. The fourth-order valence-corrected chi connectivity index (χ4v) is 6.04. The van der Waals surface area contributed by atoms with Crippen molar-refractivity contribution < 1.29 is 24.1 Å². The van der Waals surface area contributed by atoms with E-state index in [0.717, 1.165) is 41.4 Å². The van der Waals surface area contributed by atoms with E-state index >= 15 is 0 Å². The molecule has 1 saturated carbocycles. The molecule has 9 nitrogen and oxygen atoms in total. The largest absolute Gasteiger partial charge is 0.458 e. The van der Waals surface area contributed by atoms with E-state index in [1.165, 1.54) is 12.8 Å². The normalized spacial score (nSPS) is 21.2. The van der Waals surface area contributed by atoms with E-state index < -0.39 is 11.6 Å². The molecule has 0 spiro atoms. The van der Waals surface area contributed by atoms with E-state index in [2.05, 4.69) is 11.9 Å². The summed E-state index contributed by atoms with van der Waals surface area (Å²) in [4.78, 5) is 33.5. The molecule has 1 atom stereocenters. The van der Waals surface area contributed by atoms with E-state index in [0.29, 0.717) is 46.6 Å². The van der Waals surface area contributed by atoms with Crippen molar-refractivity contribution in [3.8, 4) is 22.9 Å². The molecule has 0 radical (unpaired) electrons. The third-order valence-electron chi connectivity index (χ3n) is 8.41. The molecular weight excluding hydrogens is 474 g/mol. The quantitative estimate of drug-likeness (QED) is 0.401. The van der Waals surface area contributed by atoms with Gasteiger partial charge in [-0.05, 0) is 63.4 Å². The van der Waals surface area contributed by atoms with Crippen LogP contribution in [0.15, 0.2) is 23.0 Å². The molecule has 0 saturated heterocycles. The first-order valence-electron chi connectivity index (χ1n) is 13.0. The number of nitrogens with zero attached hydrogens (tertiary/aromatic N) is 3. The minimum absolute atomic E-state index is 0.114. The van der Waals surface area contributed by atoms with Crippen LogP contribution in [0.5, 0.6) is 11.5 Å². The Hall–Kier alpha value is -3.43. The monoisotopic (exact) mass is 503 g/mol. The van der Waals surface area contributed by atoms with Crippen LogP contribution in [0.1, 0.15) is 54.9 Å². The molecule has 0 bridgehead atoms. The number of pyridine rings is 2. The van der Waals surface area contributed by atoms with Crippen LogP contribution in [0, 0.1) is 0 Å². The fraction of sp³-hybridized carbons (Fsp3) is 0.464. The van der Waals surface area contributed by atoms with Crippen molar-refractivity contribution in [3.05, 3.63) is 50.8 Å². The predicted molar refractivity (Wildman–Crippen MR) is 135 cm³/mol. The van der Waals surface area contributed by atoms with E-state index in [4.69, 9.17) is 19.2 Å². The second kappa shape index (κ2) is 8.03. The van der Waals surface area contributed by atoms with Crippen molar-refractivity contribution in [2.24, 2.45) is 0 Å². The third-order valence-corrected chi connectivity index (χ3v) is 8.41. The van der Waals surface area contributed by atoms with Crippen LogP contribution in [0.2, 0.25) is 0 Å². The first-order chi connectivity index (χ1) is 17.9. The van der Waals surface area contributed by atoms with Crippen LogP contribution >= 0.6 is 0 Å². The summed E-state index contributed by atoms with van der Waals surface area (Å²) in [6.07, 6.45) is 4.47. The molecule has 1 aliphatic carbocycles. The second-order valence-corrected chi connectivity index (χ2v) is 10.6. The Bertz CT molecular complexity index is 1540. The van der Waals surface area contributed by atoms with Gasteiger partial charge in [0.1, 0.15) is 6.61 Å². The molecule has 5 heterocycles. The van der Waals surface area contributed by atoms with Crippen molar-refractivity contribution >= 4 is 16.9 Å². The van der Waals surface area contributed by atoms with E-state index in [-0.39, 0.29) is 25.4 Å². The number of carbonyl (C=O) groups excluding carboxylic acids is 1. The van der Waals surface area contributed by atoms with E-state index in [1.54, 1.807) is 17.6 Å². The molecule has 0 amide bonds. The summed E-state index contributed by atoms with van der Waals surface area (Å²) < 4.78 is 18.2. The number of benzene rings is 1. The number of ether oxygens (including phenoxy) is 3. The molecule has 9 heteroatoms. The summed E-state index contributed by atoms with van der Waals surface area (Å²) in [5, 5.41) is 12.2. The number of aryl methyl sites for hydroxylation is 1. The SMILES string of the molecule is CC[C@@]1(O)C(=O)OCc2c1cc1n(c2=O)Cc2c-1nc1cc3c(cc1c2CCCN(C)C1CC1)OCO3. The molecule has 4 aliphatic rings. The van der Waals surface area contributed by atoms with Gasteiger partial charge in [-0.25, -0.2) is 9.78 Å². The first kappa shape index (κ1) is 22.7. The van der Waals surface area contributed by atoms with Crippen molar-refractivity contribution in [1.82, 2.24) is 14.5 Å². The standard InChI is InChI=1S/C28H29N3O6/c1-3-28(34)20-10-22-25-18(12-31(22)26(32)19(20)13-35-27(28)33)16(5-4-8-30(2)15-6-7-15)17-9-23-24(37-14-36-23)11-21(17)29-25/h9-11,15,34H,3-8,12-14H2,1-2H3/t28-/m0/s1. The molecule has 1 fully saturated rings. The smallest absolute Gasteiger partial charge is 0.343 e. The van der Waals surface area contributed by atoms with Crippen LogP contribution in [-0.2, 0) is 34.7 Å². The summed E-state index contributed by atoms with van der Waals surface area (Å²) in [6.45, 7) is 3.14. The molecule has 1 N–H and O–H groups in total. The minimum atomic E-state index is -1.84. The highest BCUT2D eigenvalue weighted by Crippen LogP contribution is 2.43. The Kier molecular flexibility index (Phi) is 4.94. The maximum Gasteiger partial charge on any atom is 0.343 e. The average molecular weight is 504 g/mol. The number of esters is 1. The fourth-order valence-electron chi connectivity index (χ4n) is 6.04. The highest BCUT2D eigenvalue weighted by molar-refractivity contribution is 5.91. The summed E-state index contributed by atoms with van der Waals surface area (Å²) in [5.41, 5.74) is 2.84. The Morgan fingerprint density at radius 2 is 1.92 bits per heavy atom. The van der Waals surface area contributed by atoms with Gasteiger partial charge in [0.2, 0.25) is 6.79 Å². The van der Waals surface area contributed by atoms with Crippen LogP contribution in [0.3, 0.4) is 0 Å². The number of hydrogen-bond donors (Lipinski definition) is 1. The minimum Gasteiger partial charge on any atom is -0.458 e. The number of carbonyl (C=O) groups is 1. The Balaban J connectivity index is 1.39. The second-order valence-electron chi connectivity index (χ2n) is 10.6. The molecule has 3 aromatic rings. The lowest BCUT2D eigenvalue weighted by molar-refractivity contribution is -0.172. The van der Waals surface area contributed by atoms with Gasteiger partial charge in [0.05, 0.1) is 29.0 Å². The molecule has 1 aromatic carbocycles. The van der Waals surface area contributed by atoms with E-state index in [1.807, 2.05) is 12.1 Å². The summed E-state index contributed by atoms with van der Waals surface area (Å²) in [5.74, 6) is 0.644. The van der Waals surface area contributed by atoms with Crippen molar-refractivity contribution in [2.75, 3.05) is 20.4 Å². The van der Waals surface area contributed by atoms with Crippen LogP contribution in [-0.4, -0.2) is 52.0 Å². The summed E-state index contributed by atoms with van der Waals surface area (Å²) in [7, 11) is 2.18. The zero-order chi connectivity index (χ0) is 25.5. The highest BCUT2D eigenvalue weighted by atomic mass is 16.7. The van der Waals surface area contributed by atoms with Gasteiger partial charge < -0.3 is 28.8 Å². The zero-order valence-electron chi connectivity index (χ0n) is 21.0. The average Bonchev–Trinajstić information content (AvgIpc) is 3.55. The van der Waals surface area contributed by atoms with Crippen LogP contribution < -0.4 is 15.0 Å². The number of aliphatic hydroxyl groups is 1. The van der Waals surface area contributed by atoms with Gasteiger partial charge in [0, 0.05) is 28.6 Å². The highest BCUT2D eigenvalue weighted by Gasteiger charge is 2.45. The summed E-state index contributed by atoms with van der Waals surface area (Å²) in [6, 6.07) is 6.37. The van der Waals surface area contributed by atoms with Gasteiger partial charge in [0.25, 0.3) is 5.56 Å². The molecule has 3 aliphatic heterocycles. The van der Waals surface area contributed by atoms with Gasteiger partial charge in [-0.1, -0.05) is 6.92 Å². The van der Waals surface area contributed by atoms with Gasteiger partial charge in [-0.15, -0.1) is 0 Å². The molecule has 192 valence electrons. The molecular formula is C28H29N3O6. The van der Waals surface area contributed by atoms with Crippen LogP contribution in [0.25, 0.3) is 22.3 Å². The van der Waals surface area contributed by atoms with Gasteiger partial charge in [-0.2, -0.15) is 0 Å². The van der Waals surface area contributed by atoms with Crippen LogP contribution in [0.4, 0.5) is 0 Å². The molecule has 2 aromatic heterocycles. The van der Waals surface area contributed by atoms with E-state index in [9.17, 15) is 14.7 Å². The third kappa shape index (κ3) is 3.33. The predicted octanol–water partition coefficient (Wildman–Crippen LogP) is 2.84. The summed E-state index contributed by atoms with van der Waals surface area (Å²) >= 11 is 0. The Morgan fingerprint density at radius 3 is 2.68 bits per heavy atom. The van der Waals surface area contributed by atoms with Gasteiger partial charge >= 0.3 is 5.97 Å². The first-order valence-corrected chi connectivity index (χ1v) is 13.0. The topological polar surface area (TPSA) is 103 Å². The molecule has 0 unspecified atom stereocenters. The van der Waals surface area contributed by atoms with Crippen molar-refractivity contribution in [2.45, 2.75) is 63.8 Å². The van der Waals surface area contributed by atoms with Gasteiger partial charge in [-0.3, -0.25) is 4.79 Å². The Morgan fingerprint density at radius 1 is 1.14 bits per heavy atom. The number of fused-ring (bicyclic) bond motifs is 6. The maximum absolute atomic E-state index is 13.6. The number of aromatic nitrogens is 2.